The topological polar surface area (TPSA) is 71.5 Å². The van der Waals surface area contributed by atoms with Crippen LogP contribution >= 0.6 is 11.6 Å². The number of aryl methyl sites for hydroxylation is 1. The number of hydrogen-bond acceptors (Lipinski definition) is 6. The Balaban J connectivity index is 1.97. The molecule has 0 bridgehead atoms. The van der Waals surface area contributed by atoms with Gasteiger partial charge in [0.1, 0.15) is 5.82 Å². The highest BCUT2D eigenvalue weighted by Gasteiger charge is 2.23. The van der Waals surface area contributed by atoms with Gasteiger partial charge in [0.15, 0.2) is 0 Å². The first-order chi connectivity index (χ1) is 9.10. The highest BCUT2D eigenvalue weighted by Crippen LogP contribution is 2.13. The van der Waals surface area contributed by atoms with Gasteiger partial charge in [-0.2, -0.15) is 9.97 Å². The molecule has 1 aromatic heterocycles. The Morgan fingerprint density at radius 2 is 1.95 bits per heavy atom. The monoisotopic (exact) mass is 285 g/mol. The van der Waals surface area contributed by atoms with Crippen LogP contribution in [0.1, 0.15) is 12.7 Å². The van der Waals surface area contributed by atoms with Crippen LogP contribution in [0.4, 0.5) is 10.7 Å². The Labute approximate surface area is 116 Å². The van der Waals surface area contributed by atoms with Gasteiger partial charge >= 0.3 is 6.09 Å². The summed E-state index contributed by atoms with van der Waals surface area (Å²) in [6.45, 7) is 6.43. The molecular weight excluding hydrogens is 270 g/mol. The molecule has 1 aliphatic rings. The van der Waals surface area contributed by atoms with Gasteiger partial charge in [-0.3, -0.25) is 0 Å². The van der Waals surface area contributed by atoms with E-state index in [0.717, 1.165) is 0 Å². The standard InChI is InChI=1S/C11H16ClN5O2/c1-3-19-11(18)17-6-4-16(5-7-17)10-14-8(2)13-9(12)15-10/h3-7H2,1-2H3. The fourth-order valence-corrected chi connectivity index (χ4v) is 2.08. The molecule has 0 unspecified atom stereocenters. The van der Waals surface area contributed by atoms with Crippen LogP contribution < -0.4 is 4.90 Å². The van der Waals surface area contributed by atoms with Crippen molar-refractivity contribution in [2.24, 2.45) is 0 Å². The van der Waals surface area contributed by atoms with Gasteiger partial charge in [0.25, 0.3) is 0 Å². The Morgan fingerprint density at radius 1 is 1.26 bits per heavy atom. The van der Waals surface area contributed by atoms with E-state index in [4.69, 9.17) is 16.3 Å². The van der Waals surface area contributed by atoms with Crippen LogP contribution in [0.3, 0.4) is 0 Å². The first-order valence-corrected chi connectivity index (χ1v) is 6.52. The van der Waals surface area contributed by atoms with Crippen molar-refractivity contribution in [3.63, 3.8) is 0 Å². The smallest absolute Gasteiger partial charge is 0.409 e. The Hall–Kier alpha value is -1.63. The summed E-state index contributed by atoms with van der Waals surface area (Å²) in [5, 5.41) is 0.190. The maximum absolute atomic E-state index is 11.6. The average molecular weight is 286 g/mol. The number of amides is 1. The van der Waals surface area contributed by atoms with Crippen LogP contribution in [-0.4, -0.2) is 58.7 Å². The second-order valence-corrected chi connectivity index (χ2v) is 4.46. The highest BCUT2D eigenvalue weighted by atomic mass is 35.5. The van der Waals surface area contributed by atoms with Crippen LogP contribution in [0.25, 0.3) is 0 Å². The number of aromatic nitrogens is 3. The minimum absolute atomic E-state index is 0.190. The molecule has 0 spiro atoms. The third-order valence-corrected chi connectivity index (χ3v) is 2.97. The quantitative estimate of drug-likeness (QED) is 0.811. The fourth-order valence-electron chi connectivity index (χ4n) is 1.88. The molecule has 0 aromatic carbocycles. The van der Waals surface area contributed by atoms with E-state index in [2.05, 4.69) is 15.0 Å². The van der Waals surface area contributed by atoms with Gasteiger partial charge in [0.05, 0.1) is 6.61 Å². The molecule has 0 saturated carbocycles. The second-order valence-electron chi connectivity index (χ2n) is 4.12. The van der Waals surface area contributed by atoms with Crippen molar-refractivity contribution in [3.8, 4) is 0 Å². The molecule has 2 rings (SSSR count). The third kappa shape index (κ3) is 3.44. The summed E-state index contributed by atoms with van der Waals surface area (Å²) in [6, 6.07) is 0. The number of anilines is 1. The molecule has 8 heteroatoms. The molecule has 0 aliphatic carbocycles. The number of nitrogens with zero attached hydrogens (tertiary/aromatic N) is 5. The molecule has 0 radical (unpaired) electrons. The zero-order valence-electron chi connectivity index (χ0n) is 11.0. The predicted octanol–water partition coefficient (Wildman–Crippen LogP) is 1.11. The summed E-state index contributed by atoms with van der Waals surface area (Å²) < 4.78 is 4.97. The zero-order valence-corrected chi connectivity index (χ0v) is 11.7. The first kappa shape index (κ1) is 13.8. The average Bonchev–Trinajstić information content (AvgIpc) is 2.38. The van der Waals surface area contributed by atoms with E-state index >= 15 is 0 Å². The molecule has 1 saturated heterocycles. The fraction of sp³-hybridized carbons (Fsp3) is 0.636. The normalized spacial score (nSPS) is 15.5. The third-order valence-electron chi connectivity index (χ3n) is 2.80. The Bertz CT molecular complexity index is 442. The van der Waals surface area contributed by atoms with Gasteiger partial charge in [-0.15, -0.1) is 0 Å². The minimum atomic E-state index is -0.271. The number of piperazine rings is 1. The molecule has 1 aliphatic heterocycles. The summed E-state index contributed by atoms with van der Waals surface area (Å²) in [7, 11) is 0. The summed E-state index contributed by atoms with van der Waals surface area (Å²) in [6.07, 6.45) is -0.271. The van der Waals surface area contributed by atoms with Gasteiger partial charge < -0.3 is 14.5 Å². The number of rotatable bonds is 2. The first-order valence-electron chi connectivity index (χ1n) is 6.15. The predicted molar refractivity (Wildman–Crippen MR) is 70.4 cm³/mol. The summed E-state index contributed by atoms with van der Waals surface area (Å²) in [5.41, 5.74) is 0. The van der Waals surface area contributed by atoms with Gasteiger partial charge in [-0.05, 0) is 25.4 Å². The molecule has 1 aromatic rings. The van der Waals surface area contributed by atoms with E-state index in [-0.39, 0.29) is 11.4 Å². The summed E-state index contributed by atoms with van der Waals surface area (Å²) in [5.74, 6) is 1.14. The number of hydrogen-bond donors (Lipinski definition) is 0. The maximum Gasteiger partial charge on any atom is 0.409 e. The Morgan fingerprint density at radius 3 is 2.53 bits per heavy atom. The largest absolute Gasteiger partial charge is 0.450 e. The molecule has 7 nitrogen and oxygen atoms in total. The van der Waals surface area contributed by atoms with Crippen LogP contribution in [0.5, 0.6) is 0 Å². The van der Waals surface area contributed by atoms with E-state index in [1.807, 2.05) is 4.90 Å². The van der Waals surface area contributed by atoms with Crippen molar-refractivity contribution in [1.29, 1.82) is 0 Å². The van der Waals surface area contributed by atoms with Crippen molar-refractivity contribution >= 4 is 23.6 Å². The van der Waals surface area contributed by atoms with Crippen molar-refractivity contribution in [2.45, 2.75) is 13.8 Å². The van der Waals surface area contributed by atoms with Crippen LogP contribution in [0.15, 0.2) is 0 Å². The van der Waals surface area contributed by atoms with Crippen LogP contribution in [0, 0.1) is 6.92 Å². The molecule has 2 heterocycles. The highest BCUT2D eigenvalue weighted by molar-refractivity contribution is 6.28. The number of ether oxygens (including phenoxy) is 1. The van der Waals surface area contributed by atoms with E-state index in [0.29, 0.717) is 44.6 Å². The van der Waals surface area contributed by atoms with Crippen molar-refractivity contribution in [1.82, 2.24) is 19.9 Å². The molecule has 1 fully saturated rings. The van der Waals surface area contributed by atoms with Crippen molar-refractivity contribution in [3.05, 3.63) is 11.1 Å². The molecule has 19 heavy (non-hydrogen) atoms. The van der Waals surface area contributed by atoms with Crippen LogP contribution in [0.2, 0.25) is 5.28 Å². The molecule has 0 atom stereocenters. The number of carbonyl (C=O) groups excluding carboxylic acids is 1. The lowest BCUT2D eigenvalue weighted by molar-refractivity contribution is 0.105. The summed E-state index contributed by atoms with van der Waals surface area (Å²) in [4.78, 5) is 27.5. The second kappa shape index (κ2) is 6.01. The molecule has 0 N–H and O–H groups in total. The maximum atomic E-state index is 11.6. The lowest BCUT2D eigenvalue weighted by atomic mass is 10.3. The van der Waals surface area contributed by atoms with Gasteiger partial charge in [-0.1, -0.05) is 0 Å². The van der Waals surface area contributed by atoms with Crippen molar-refractivity contribution < 1.29 is 9.53 Å². The van der Waals surface area contributed by atoms with Gasteiger partial charge in [0.2, 0.25) is 11.2 Å². The van der Waals surface area contributed by atoms with E-state index in [1.165, 1.54) is 0 Å². The SMILES string of the molecule is CCOC(=O)N1CCN(c2nc(C)nc(Cl)n2)CC1. The minimum Gasteiger partial charge on any atom is -0.450 e. The lowest BCUT2D eigenvalue weighted by Crippen LogP contribution is -2.49. The zero-order chi connectivity index (χ0) is 13.8. The van der Waals surface area contributed by atoms with Crippen molar-refractivity contribution in [2.75, 3.05) is 37.7 Å². The number of halogens is 1. The van der Waals surface area contributed by atoms with Gasteiger partial charge in [-0.25, -0.2) is 9.78 Å². The summed E-state index contributed by atoms with van der Waals surface area (Å²) >= 11 is 5.82. The lowest BCUT2D eigenvalue weighted by Gasteiger charge is -2.33. The Kier molecular flexibility index (Phi) is 4.36. The van der Waals surface area contributed by atoms with E-state index in [9.17, 15) is 4.79 Å². The van der Waals surface area contributed by atoms with E-state index < -0.39 is 0 Å². The van der Waals surface area contributed by atoms with E-state index in [1.54, 1.807) is 18.7 Å². The molecular formula is C11H16ClN5O2. The number of carbonyl (C=O) groups is 1. The molecule has 1 amide bonds. The van der Waals surface area contributed by atoms with Crippen LogP contribution in [-0.2, 0) is 4.74 Å². The van der Waals surface area contributed by atoms with Gasteiger partial charge in [0, 0.05) is 26.2 Å². The molecule has 104 valence electrons.